The van der Waals surface area contributed by atoms with Gasteiger partial charge in [-0.05, 0) is 60.7 Å². The molecular formula is C23H18BrN3O3. The van der Waals surface area contributed by atoms with Gasteiger partial charge >= 0.3 is 0 Å². The monoisotopic (exact) mass is 463 g/mol. The zero-order valence-corrected chi connectivity index (χ0v) is 17.5. The number of aromatic nitrogens is 2. The van der Waals surface area contributed by atoms with Crippen LogP contribution in [0.15, 0.2) is 82.1 Å². The molecule has 0 aliphatic heterocycles. The fourth-order valence-electron chi connectivity index (χ4n) is 2.95. The molecule has 0 aliphatic rings. The molecule has 1 amide bonds. The summed E-state index contributed by atoms with van der Waals surface area (Å²) in [6, 6.07) is 21.8. The maximum Gasteiger partial charge on any atom is 0.258 e. The Hall–Kier alpha value is -3.45. The number of amides is 1. The maximum absolute atomic E-state index is 12.3. The number of rotatable bonds is 6. The Balaban J connectivity index is 1.34. The number of benzene rings is 3. The van der Waals surface area contributed by atoms with Gasteiger partial charge in [0.05, 0.1) is 10.9 Å². The van der Waals surface area contributed by atoms with Gasteiger partial charge in [0, 0.05) is 23.0 Å². The third kappa shape index (κ3) is 4.93. The van der Waals surface area contributed by atoms with Crippen molar-refractivity contribution in [2.24, 2.45) is 0 Å². The fourth-order valence-corrected chi connectivity index (χ4v) is 3.22. The first-order valence-electron chi connectivity index (χ1n) is 9.38. The van der Waals surface area contributed by atoms with Gasteiger partial charge in [0.2, 0.25) is 5.91 Å². The Labute approximate surface area is 181 Å². The highest BCUT2D eigenvalue weighted by Gasteiger charge is 2.07. The summed E-state index contributed by atoms with van der Waals surface area (Å²) in [7, 11) is 0. The minimum atomic E-state index is -0.197. The molecule has 2 N–H and O–H groups in total. The highest BCUT2D eigenvalue weighted by Crippen LogP contribution is 2.24. The van der Waals surface area contributed by atoms with Crippen molar-refractivity contribution in [3.8, 4) is 11.5 Å². The molecule has 4 rings (SSSR count). The highest BCUT2D eigenvalue weighted by atomic mass is 79.9. The maximum atomic E-state index is 12.3. The molecule has 0 spiro atoms. The Morgan fingerprint density at radius 2 is 1.63 bits per heavy atom. The molecule has 4 aromatic rings. The summed E-state index contributed by atoms with van der Waals surface area (Å²) in [6.45, 7) is 0. The number of halogens is 1. The first kappa shape index (κ1) is 19.8. The van der Waals surface area contributed by atoms with E-state index in [0.717, 1.165) is 10.2 Å². The lowest BCUT2D eigenvalue weighted by molar-refractivity contribution is -0.116. The predicted octanol–water partition coefficient (Wildman–Crippen LogP) is 5.05. The van der Waals surface area contributed by atoms with Crippen LogP contribution in [-0.4, -0.2) is 15.9 Å². The van der Waals surface area contributed by atoms with Crippen LogP contribution in [0, 0.1) is 0 Å². The van der Waals surface area contributed by atoms with Crippen LogP contribution in [0.2, 0.25) is 0 Å². The van der Waals surface area contributed by atoms with Crippen LogP contribution >= 0.6 is 15.9 Å². The predicted molar refractivity (Wildman–Crippen MR) is 120 cm³/mol. The molecule has 30 heavy (non-hydrogen) atoms. The molecule has 7 heteroatoms. The third-order valence-electron chi connectivity index (χ3n) is 4.44. The van der Waals surface area contributed by atoms with Crippen LogP contribution in [0.4, 0.5) is 5.69 Å². The summed E-state index contributed by atoms with van der Waals surface area (Å²) in [5.74, 6) is 1.74. The average molecular weight is 464 g/mol. The molecule has 1 heterocycles. The van der Waals surface area contributed by atoms with Crippen LogP contribution in [-0.2, 0) is 11.2 Å². The second-order valence-corrected chi connectivity index (χ2v) is 7.57. The first-order chi connectivity index (χ1) is 14.6. The summed E-state index contributed by atoms with van der Waals surface area (Å²) in [5.41, 5.74) is 1.10. The van der Waals surface area contributed by atoms with Gasteiger partial charge in [0.1, 0.15) is 17.3 Å². The third-order valence-corrected chi connectivity index (χ3v) is 4.97. The van der Waals surface area contributed by atoms with E-state index in [1.807, 2.05) is 30.3 Å². The van der Waals surface area contributed by atoms with E-state index in [1.54, 1.807) is 42.5 Å². The van der Waals surface area contributed by atoms with Crippen molar-refractivity contribution in [3.63, 3.8) is 0 Å². The Morgan fingerprint density at radius 3 is 2.37 bits per heavy atom. The molecule has 0 fully saturated rings. The van der Waals surface area contributed by atoms with Gasteiger partial charge in [-0.3, -0.25) is 9.59 Å². The average Bonchev–Trinajstić information content (AvgIpc) is 2.75. The number of H-pyrrole nitrogens is 1. The number of nitrogens with zero attached hydrogens (tertiary/aromatic N) is 1. The van der Waals surface area contributed by atoms with Crippen LogP contribution in [0.3, 0.4) is 0 Å². The summed E-state index contributed by atoms with van der Waals surface area (Å²) in [6.07, 6.45) is 0.551. The van der Waals surface area contributed by atoms with E-state index in [0.29, 0.717) is 34.6 Å². The van der Waals surface area contributed by atoms with Gasteiger partial charge < -0.3 is 15.0 Å². The molecular weight excluding hydrogens is 446 g/mol. The Kier molecular flexibility index (Phi) is 5.90. The number of carbonyl (C=O) groups is 1. The normalized spacial score (nSPS) is 10.7. The number of anilines is 1. The van der Waals surface area contributed by atoms with Crippen LogP contribution in [0.25, 0.3) is 10.9 Å². The quantitative estimate of drug-likeness (QED) is 0.419. The number of hydrogen-bond acceptors (Lipinski definition) is 4. The van der Waals surface area contributed by atoms with Crippen molar-refractivity contribution in [2.45, 2.75) is 12.8 Å². The molecule has 6 nitrogen and oxygen atoms in total. The first-order valence-corrected chi connectivity index (χ1v) is 10.2. The van der Waals surface area contributed by atoms with Crippen molar-refractivity contribution < 1.29 is 9.53 Å². The second-order valence-electron chi connectivity index (χ2n) is 6.66. The van der Waals surface area contributed by atoms with Crippen molar-refractivity contribution in [1.82, 2.24) is 9.97 Å². The second kappa shape index (κ2) is 8.92. The molecule has 0 radical (unpaired) electrons. The lowest BCUT2D eigenvalue weighted by Gasteiger charge is -2.08. The summed E-state index contributed by atoms with van der Waals surface area (Å²) < 4.78 is 6.75. The highest BCUT2D eigenvalue weighted by molar-refractivity contribution is 9.10. The van der Waals surface area contributed by atoms with Crippen molar-refractivity contribution in [2.75, 3.05) is 5.32 Å². The zero-order chi connectivity index (χ0) is 20.9. The van der Waals surface area contributed by atoms with Crippen molar-refractivity contribution >= 4 is 38.4 Å². The summed E-state index contributed by atoms with van der Waals surface area (Å²) >= 11 is 3.39. The lowest BCUT2D eigenvalue weighted by atomic mass is 10.2. The number of carbonyl (C=O) groups excluding carboxylic acids is 1. The van der Waals surface area contributed by atoms with Crippen LogP contribution in [0.5, 0.6) is 11.5 Å². The fraction of sp³-hybridized carbons (Fsp3) is 0.0870. The summed E-state index contributed by atoms with van der Waals surface area (Å²) in [4.78, 5) is 31.5. The number of hydrogen-bond donors (Lipinski definition) is 2. The number of fused-ring (bicyclic) bond motifs is 1. The largest absolute Gasteiger partial charge is 0.457 e. The topological polar surface area (TPSA) is 84.1 Å². The number of ether oxygens (including phenoxy) is 1. The molecule has 0 unspecified atom stereocenters. The van der Waals surface area contributed by atoms with Gasteiger partial charge in [-0.15, -0.1) is 0 Å². The van der Waals surface area contributed by atoms with Gasteiger partial charge in [0.15, 0.2) is 0 Å². The lowest BCUT2D eigenvalue weighted by Crippen LogP contribution is -2.16. The minimum Gasteiger partial charge on any atom is -0.457 e. The van der Waals surface area contributed by atoms with E-state index < -0.39 is 0 Å². The van der Waals surface area contributed by atoms with E-state index in [2.05, 4.69) is 31.2 Å². The van der Waals surface area contributed by atoms with E-state index in [9.17, 15) is 9.59 Å². The molecule has 0 bridgehead atoms. The number of para-hydroxylation sites is 1. The van der Waals surface area contributed by atoms with Crippen LogP contribution < -0.4 is 15.6 Å². The van der Waals surface area contributed by atoms with Gasteiger partial charge in [-0.1, -0.05) is 28.1 Å². The molecule has 0 aliphatic carbocycles. The Morgan fingerprint density at radius 1 is 0.967 bits per heavy atom. The molecule has 3 aromatic carbocycles. The Bertz CT molecular complexity index is 1240. The van der Waals surface area contributed by atoms with Crippen molar-refractivity contribution in [3.05, 3.63) is 93.4 Å². The zero-order valence-electron chi connectivity index (χ0n) is 15.9. The van der Waals surface area contributed by atoms with E-state index in [-0.39, 0.29) is 17.9 Å². The van der Waals surface area contributed by atoms with Crippen molar-refractivity contribution in [1.29, 1.82) is 0 Å². The summed E-state index contributed by atoms with van der Waals surface area (Å²) in [5, 5.41) is 3.38. The molecule has 1 aromatic heterocycles. The molecule has 0 saturated carbocycles. The number of aryl methyl sites for hydroxylation is 1. The van der Waals surface area contributed by atoms with E-state index >= 15 is 0 Å². The molecule has 0 atom stereocenters. The minimum absolute atomic E-state index is 0.160. The van der Waals surface area contributed by atoms with Gasteiger partial charge in [-0.2, -0.15) is 0 Å². The smallest absolute Gasteiger partial charge is 0.258 e. The molecule has 0 saturated heterocycles. The standard InChI is InChI=1S/C23H18BrN3O3/c24-15-5-9-17(10-6-15)30-18-11-7-16(8-12-18)25-22(28)14-13-21-26-20-4-2-1-3-19(20)23(29)27-21/h1-12H,13-14H2,(H,25,28)(H,26,27,29). The molecule has 150 valence electrons. The van der Waals surface area contributed by atoms with Gasteiger partial charge in [0.25, 0.3) is 5.56 Å². The number of nitrogens with one attached hydrogen (secondary N) is 2. The van der Waals surface area contributed by atoms with E-state index in [1.165, 1.54) is 0 Å². The number of aromatic amines is 1. The van der Waals surface area contributed by atoms with Gasteiger partial charge in [-0.25, -0.2) is 4.98 Å². The van der Waals surface area contributed by atoms with Crippen LogP contribution in [0.1, 0.15) is 12.2 Å². The van der Waals surface area contributed by atoms with E-state index in [4.69, 9.17) is 4.74 Å². The SMILES string of the molecule is O=C(CCc1nc2ccccc2c(=O)[nH]1)Nc1ccc(Oc2ccc(Br)cc2)cc1.